The maximum Gasteiger partial charge on any atom is 0.245 e. The van der Waals surface area contributed by atoms with Crippen molar-refractivity contribution < 1.29 is 21.6 Å². The molecular weight excluding hydrogens is 494 g/mol. The summed E-state index contributed by atoms with van der Waals surface area (Å²) in [6, 6.07) is 12.4. The molecule has 1 aliphatic heterocycles. The maximum absolute atomic E-state index is 12.6. The molecule has 2 aromatic carbocycles. The van der Waals surface area contributed by atoms with Crippen molar-refractivity contribution in [2.45, 2.75) is 17.7 Å². The molecule has 0 unspecified atom stereocenters. The van der Waals surface area contributed by atoms with E-state index in [1.54, 1.807) is 24.3 Å². The summed E-state index contributed by atoms with van der Waals surface area (Å²) in [5.41, 5.74) is 0.743. The molecule has 0 aromatic heterocycles. The Bertz CT molecular complexity index is 1110. The Labute approximate surface area is 185 Å². The number of carbonyl (C=O) groups is 1. The summed E-state index contributed by atoms with van der Waals surface area (Å²) in [4.78, 5) is 12.6. The average molecular weight is 516 g/mol. The molecule has 162 valence electrons. The number of anilines is 2. The van der Waals surface area contributed by atoms with Crippen LogP contribution in [0.1, 0.15) is 12.8 Å². The standard InChI is InChI=1S/C19H22BrN3O5S2/c1-29(25,26)23(17-8-4-15(20)5-9-17)14-19(24)21-16-6-10-18(11-7-16)30(27,28)22-12-2-3-13-22/h4-11H,2-3,12-14H2,1H3,(H,21,24). The summed E-state index contributed by atoms with van der Waals surface area (Å²) in [5.74, 6) is -0.543. The van der Waals surface area contributed by atoms with E-state index in [-0.39, 0.29) is 4.90 Å². The van der Waals surface area contributed by atoms with Crippen LogP contribution in [0.5, 0.6) is 0 Å². The smallest absolute Gasteiger partial charge is 0.245 e. The fourth-order valence-electron chi connectivity index (χ4n) is 3.13. The fraction of sp³-hybridized carbons (Fsp3) is 0.316. The first kappa shape index (κ1) is 22.7. The number of sulfonamides is 2. The molecular formula is C19H22BrN3O5S2. The zero-order chi connectivity index (χ0) is 21.9. The van der Waals surface area contributed by atoms with Crippen LogP contribution < -0.4 is 9.62 Å². The van der Waals surface area contributed by atoms with Crippen LogP contribution in [0.2, 0.25) is 0 Å². The minimum Gasteiger partial charge on any atom is -0.325 e. The number of benzene rings is 2. The van der Waals surface area contributed by atoms with Crippen LogP contribution in [0.3, 0.4) is 0 Å². The zero-order valence-electron chi connectivity index (χ0n) is 16.3. The van der Waals surface area contributed by atoms with Crippen molar-refractivity contribution in [2.75, 3.05) is 35.5 Å². The average Bonchev–Trinajstić information content (AvgIpc) is 3.22. The molecule has 8 nitrogen and oxygen atoms in total. The Morgan fingerprint density at radius 2 is 1.57 bits per heavy atom. The first-order valence-corrected chi connectivity index (χ1v) is 13.3. The summed E-state index contributed by atoms with van der Waals surface area (Å²) in [7, 11) is -7.21. The van der Waals surface area contributed by atoms with E-state index in [4.69, 9.17) is 0 Å². The predicted molar refractivity (Wildman–Crippen MR) is 119 cm³/mol. The molecule has 1 fully saturated rings. The minimum atomic E-state index is -3.68. The van der Waals surface area contributed by atoms with Gasteiger partial charge >= 0.3 is 0 Å². The van der Waals surface area contributed by atoms with Gasteiger partial charge < -0.3 is 5.32 Å². The lowest BCUT2D eigenvalue weighted by molar-refractivity contribution is -0.114. The Hall–Kier alpha value is -1.95. The Morgan fingerprint density at radius 1 is 1.00 bits per heavy atom. The molecule has 30 heavy (non-hydrogen) atoms. The van der Waals surface area contributed by atoms with E-state index in [1.807, 2.05) is 0 Å². The van der Waals surface area contributed by atoms with Gasteiger partial charge in [-0.05, 0) is 61.4 Å². The van der Waals surface area contributed by atoms with Crippen LogP contribution in [-0.4, -0.2) is 52.9 Å². The highest BCUT2D eigenvalue weighted by molar-refractivity contribution is 9.10. The summed E-state index contributed by atoms with van der Waals surface area (Å²) in [6.07, 6.45) is 2.73. The molecule has 1 saturated heterocycles. The number of nitrogens with zero attached hydrogens (tertiary/aromatic N) is 2. The Morgan fingerprint density at radius 3 is 2.10 bits per heavy atom. The molecule has 1 N–H and O–H groups in total. The summed E-state index contributed by atoms with van der Waals surface area (Å²) < 4.78 is 52.7. The van der Waals surface area contributed by atoms with Crippen LogP contribution in [0.4, 0.5) is 11.4 Å². The van der Waals surface area contributed by atoms with Crippen molar-refractivity contribution in [3.8, 4) is 0 Å². The van der Waals surface area contributed by atoms with E-state index in [0.29, 0.717) is 24.5 Å². The predicted octanol–water partition coefficient (Wildman–Crippen LogP) is 2.64. The quantitative estimate of drug-likeness (QED) is 0.610. The zero-order valence-corrected chi connectivity index (χ0v) is 19.5. The first-order valence-electron chi connectivity index (χ1n) is 9.21. The van der Waals surface area contributed by atoms with Crippen molar-refractivity contribution in [3.05, 3.63) is 53.0 Å². The molecule has 0 bridgehead atoms. The Balaban J connectivity index is 1.71. The number of halogens is 1. The fourth-order valence-corrected chi connectivity index (χ4v) is 5.76. The molecule has 0 radical (unpaired) electrons. The van der Waals surface area contributed by atoms with Gasteiger partial charge in [0.05, 0.1) is 16.8 Å². The molecule has 0 spiro atoms. The van der Waals surface area contributed by atoms with Crippen molar-refractivity contribution in [2.24, 2.45) is 0 Å². The molecule has 1 heterocycles. The van der Waals surface area contributed by atoms with Gasteiger partial charge in [-0.25, -0.2) is 16.8 Å². The van der Waals surface area contributed by atoms with Gasteiger partial charge in [0.1, 0.15) is 6.54 Å². The highest BCUT2D eigenvalue weighted by Crippen LogP contribution is 2.23. The second-order valence-electron chi connectivity index (χ2n) is 6.93. The van der Waals surface area contributed by atoms with Gasteiger partial charge in [-0.2, -0.15) is 4.31 Å². The number of amides is 1. The van der Waals surface area contributed by atoms with E-state index in [9.17, 15) is 21.6 Å². The van der Waals surface area contributed by atoms with E-state index in [2.05, 4.69) is 21.2 Å². The third-order valence-corrected chi connectivity index (χ3v) is 8.23. The summed E-state index contributed by atoms with van der Waals surface area (Å²) >= 11 is 3.29. The van der Waals surface area contributed by atoms with Crippen molar-refractivity contribution in [3.63, 3.8) is 0 Å². The largest absolute Gasteiger partial charge is 0.325 e. The van der Waals surface area contributed by atoms with Crippen LogP contribution >= 0.6 is 15.9 Å². The normalized spacial score (nSPS) is 15.1. The lowest BCUT2D eigenvalue weighted by Gasteiger charge is -2.22. The third kappa shape index (κ3) is 5.39. The molecule has 0 atom stereocenters. The molecule has 11 heteroatoms. The lowest BCUT2D eigenvalue weighted by atomic mass is 10.3. The van der Waals surface area contributed by atoms with Crippen LogP contribution in [0.15, 0.2) is 57.9 Å². The highest BCUT2D eigenvalue weighted by Gasteiger charge is 2.27. The van der Waals surface area contributed by atoms with Crippen molar-refractivity contribution in [1.82, 2.24) is 4.31 Å². The third-order valence-electron chi connectivity index (χ3n) is 4.64. The number of carbonyl (C=O) groups excluding carboxylic acids is 1. The van der Waals surface area contributed by atoms with Gasteiger partial charge in [0.2, 0.25) is 26.0 Å². The minimum absolute atomic E-state index is 0.162. The van der Waals surface area contributed by atoms with E-state index < -0.39 is 32.5 Å². The topological polar surface area (TPSA) is 104 Å². The second-order valence-corrected chi connectivity index (χ2v) is 11.7. The summed E-state index contributed by atoms with van der Waals surface area (Å²) in [6.45, 7) is 0.616. The van der Waals surface area contributed by atoms with Gasteiger partial charge in [-0.15, -0.1) is 0 Å². The first-order chi connectivity index (χ1) is 14.1. The van der Waals surface area contributed by atoms with Crippen LogP contribution in [0.25, 0.3) is 0 Å². The number of hydrogen-bond donors (Lipinski definition) is 1. The molecule has 1 amide bonds. The van der Waals surface area contributed by atoms with Gasteiger partial charge in [0.15, 0.2) is 0 Å². The maximum atomic E-state index is 12.6. The Kier molecular flexibility index (Phi) is 6.85. The van der Waals surface area contributed by atoms with Crippen molar-refractivity contribution in [1.29, 1.82) is 0 Å². The van der Waals surface area contributed by atoms with Gasteiger partial charge in [-0.1, -0.05) is 15.9 Å². The van der Waals surface area contributed by atoms with Crippen molar-refractivity contribution >= 4 is 53.3 Å². The van der Waals surface area contributed by atoms with Gasteiger partial charge in [0.25, 0.3) is 0 Å². The molecule has 0 saturated carbocycles. The van der Waals surface area contributed by atoms with Crippen LogP contribution in [-0.2, 0) is 24.8 Å². The molecule has 3 rings (SSSR count). The second kappa shape index (κ2) is 9.04. The van der Waals surface area contributed by atoms with E-state index >= 15 is 0 Å². The monoisotopic (exact) mass is 515 g/mol. The molecule has 1 aliphatic rings. The highest BCUT2D eigenvalue weighted by atomic mass is 79.9. The number of nitrogens with one attached hydrogen (secondary N) is 1. The number of rotatable bonds is 7. The van der Waals surface area contributed by atoms with E-state index in [1.165, 1.54) is 28.6 Å². The summed E-state index contributed by atoms with van der Waals surface area (Å²) in [5, 5.41) is 2.61. The molecule has 0 aliphatic carbocycles. The van der Waals surface area contributed by atoms with Gasteiger partial charge in [0, 0.05) is 23.2 Å². The van der Waals surface area contributed by atoms with E-state index in [0.717, 1.165) is 27.9 Å². The van der Waals surface area contributed by atoms with Crippen LogP contribution in [0, 0.1) is 0 Å². The van der Waals surface area contributed by atoms with Gasteiger partial charge in [-0.3, -0.25) is 9.10 Å². The SMILES string of the molecule is CS(=O)(=O)N(CC(=O)Nc1ccc(S(=O)(=O)N2CCCC2)cc1)c1ccc(Br)cc1. The molecule has 2 aromatic rings. The number of hydrogen-bond acceptors (Lipinski definition) is 5. The lowest BCUT2D eigenvalue weighted by Crippen LogP contribution is -2.37.